The summed E-state index contributed by atoms with van der Waals surface area (Å²) in [6, 6.07) is 1.82. The van der Waals surface area contributed by atoms with Gasteiger partial charge in [-0.3, -0.25) is 0 Å². The van der Waals surface area contributed by atoms with Gasteiger partial charge in [-0.15, -0.1) is 11.3 Å². The Hall–Kier alpha value is -0.0800. The van der Waals surface area contributed by atoms with E-state index in [-0.39, 0.29) is 0 Å². The van der Waals surface area contributed by atoms with E-state index < -0.39 is 10.0 Å². The molecule has 1 N–H and O–H groups in total. The highest BCUT2D eigenvalue weighted by atomic mass is 32.2. The van der Waals surface area contributed by atoms with Gasteiger partial charge in [-0.25, -0.2) is 8.42 Å². The topological polar surface area (TPSA) is 49.4 Å². The molecule has 1 atom stereocenters. The average molecular weight is 349 g/mol. The molecule has 120 valence electrons. The van der Waals surface area contributed by atoms with Crippen molar-refractivity contribution in [3.63, 3.8) is 0 Å². The summed E-state index contributed by atoms with van der Waals surface area (Å²) in [6.07, 6.45) is 2.10. The fourth-order valence-corrected chi connectivity index (χ4v) is 6.39. The van der Waals surface area contributed by atoms with Crippen LogP contribution >= 0.6 is 23.1 Å². The predicted octanol–water partition coefficient (Wildman–Crippen LogP) is 2.76. The van der Waals surface area contributed by atoms with E-state index in [1.807, 2.05) is 17.8 Å². The Kier molecular flexibility index (Phi) is 6.55. The van der Waals surface area contributed by atoms with E-state index >= 15 is 0 Å². The molecular formula is C14H24N2O2S3. The fraction of sp³-hybridized carbons (Fsp3) is 0.714. The van der Waals surface area contributed by atoms with Crippen molar-refractivity contribution >= 4 is 33.1 Å². The summed E-state index contributed by atoms with van der Waals surface area (Å²) >= 11 is 3.41. The van der Waals surface area contributed by atoms with Crippen LogP contribution in [0.1, 0.15) is 31.6 Å². The highest BCUT2D eigenvalue weighted by Crippen LogP contribution is 2.28. The van der Waals surface area contributed by atoms with Gasteiger partial charge in [0.25, 0.3) is 0 Å². The third kappa shape index (κ3) is 4.45. The second-order valence-corrected chi connectivity index (χ2v) is 9.53. The summed E-state index contributed by atoms with van der Waals surface area (Å²) in [7, 11) is -3.31. The van der Waals surface area contributed by atoms with Crippen LogP contribution in [0, 0.1) is 0 Å². The van der Waals surface area contributed by atoms with Crippen molar-refractivity contribution in [2.45, 2.75) is 43.4 Å². The minimum absolute atomic E-state index is 0.429. The molecule has 21 heavy (non-hydrogen) atoms. The quantitative estimate of drug-likeness (QED) is 0.770. The van der Waals surface area contributed by atoms with Gasteiger partial charge in [-0.05, 0) is 25.5 Å². The molecule has 0 aliphatic carbocycles. The normalized spacial score (nSPS) is 20.8. The van der Waals surface area contributed by atoms with Gasteiger partial charge in [0, 0.05) is 40.9 Å². The number of nitrogens with one attached hydrogen (secondary N) is 1. The Bertz CT molecular complexity index is 542. The zero-order valence-electron chi connectivity index (χ0n) is 12.7. The van der Waals surface area contributed by atoms with E-state index in [4.69, 9.17) is 0 Å². The Labute approximate surface area is 136 Å². The van der Waals surface area contributed by atoms with Gasteiger partial charge < -0.3 is 5.32 Å². The van der Waals surface area contributed by atoms with E-state index in [1.54, 1.807) is 9.69 Å². The number of hydrogen-bond donors (Lipinski definition) is 1. The molecule has 0 aromatic carbocycles. The molecule has 1 aliphatic heterocycles. The molecular weight excluding hydrogens is 324 g/mol. The molecule has 2 rings (SSSR count). The average Bonchev–Trinajstić information content (AvgIpc) is 2.97. The van der Waals surface area contributed by atoms with Gasteiger partial charge in [0.05, 0.1) is 4.90 Å². The van der Waals surface area contributed by atoms with Crippen LogP contribution in [0.25, 0.3) is 0 Å². The Balaban J connectivity index is 2.05. The lowest BCUT2D eigenvalue weighted by atomic mass is 10.3. The molecule has 2 heterocycles. The van der Waals surface area contributed by atoms with Crippen LogP contribution in [0.3, 0.4) is 0 Å². The fourth-order valence-electron chi connectivity index (χ4n) is 2.28. The van der Waals surface area contributed by atoms with Gasteiger partial charge in [0.2, 0.25) is 10.0 Å². The maximum Gasteiger partial charge on any atom is 0.243 e. The van der Waals surface area contributed by atoms with E-state index in [9.17, 15) is 8.42 Å². The van der Waals surface area contributed by atoms with Crippen molar-refractivity contribution < 1.29 is 8.42 Å². The summed E-state index contributed by atoms with van der Waals surface area (Å²) in [6.45, 7) is 7.22. The van der Waals surface area contributed by atoms with Crippen molar-refractivity contribution in [1.29, 1.82) is 0 Å². The zero-order chi connectivity index (χ0) is 15.3. The number of sulfonamides is 1. The van der Waals surface area contributed by atoms with Gasteiger partial charge >= 0.3 is 0 Å². The Morgan fingerprint density at radius 2 is 2.24 bits per heavy atom. The lowest BCUT2D eigenvalue weighted by Crippen LogP contribution is -2.41. The molecule has 1 aromatic rings. The molecule has 0 saturated carbocycles. The Morgan fingerprint density at radius 3 is 2.95 bits per heavy atom. The van der Waals surface area contributed by atoms with E-state index in [1.165, 1.54) is 11.3 Å². The van der Waals surface area contributed by atoms with Crippen LogP contribution < -0.4 is 5.32 Å². The lowest BCUT2D eigenvalue weighted by Gasteiger charge is -2.30. The molecule has 1 fully saturated rings. The first-order valence-corrected chi connectivity index (χ1v) is 10.8. The van der Waals surface area contributed by atoms with Gasteiger partial charge in [0.15, 0.2) is 0 Å². The molecule has 1 aliphatic rings. The molecule has 0 radical (unpaired) electrons. The molecule has 1 aromatic heterocycles. The van der Waals surface area contributed by atoms with E-state index in [2.05, 4.69) is 19.2 Å². The van der Waals surface area contributed by atoms with Crippen LogP contribution in [0.5, 0.6) is 0 Å². The molecule has 7 heteroatoms. The second kappa shape index (κ2) is 7.97. The first-order valence-electron chi connectivity index (χ1n) is 7.47. The van der Waals surface area contributed by atoms with Crippen LogP contribution in [0.2, 0.25) is 0 Å². The summed E-state index contributed by atoms with van der Waals surface area (Å²) in [4.78, 5) is 1.54. The van der Waals surface area contributed by atoms with E-state index in [0.29, 0.717) is 23.2 Å². The third-order valence-corrected chi connectivity index (χ3v) is 7.85. The van der Waals surface area contributed by atoms with Crippen molar-refractivity contribution in [3.8, 4) is 0 Å². The Morgan fingerprint density at radius 1 is 1.43 bits per heavy atom. The number of nitrogens with zero attached hydrogens (tertiary/aromatic N) is 1. The molecule has 1 unspecified atom stereocenters. The number of thiophene rings is 1. The number of thioether (sulfide) groups is 1. The highest BCUT2D eigenvalue weighted by molar-refractivity contribution is 8.00. The monoisotopic (exact) mass is 348 g/mol. The molecule has 1 saturated heterocycles. The van der Waals surface area contributed by atoms with Crippen molar-refractivity contribution in [3.05, 3.63) is 16.3 Å². The van der Waals surface area contributed by atoms with Gasteiger partial charge in [-0.2, -0.15) is 16.1 Å². The number of hydrogen-bond acceptors (Lipinski definition) is 5. The predicted molar refractivity (Wildman–Crippen MR) is 91.6 cm³/mol. The summed E-state index contributed by atoms with van der Waals surface area (Å²) in [5, 5.41) is 5.52. The molecule has 0 amide bonds. The summed E-state index contributed by atoms with van der Waals surface area (Å²) < 4.78 is 27.0. The van der Waals surface area contributed by atoms with Crippen LogP contribution in [0.4, 0.5) is 0 Å². The molecule has 0 bridgehead atoms. The SMILES string of the molecule is CCCNCc1cc(S(=O)(=O)N2CCSC(CC)C2)cs1. The second-order valence-electron chi connectivity index (χ2n) is 5.19. The summed E-state index contributed by atoms with van der Waals surface area (Å²) in [5.41, 5.74) is 0. The minimum Gasteiger partial charge on any atom is -0.312 e. The first-order chi connectivity index (χ1) is 10.1. The maximum absolute atomic E-state index is 12.7. The van der Waals surface area contributed by atoms with Crippen LogP contribution in [0.15, 0.2) is 16.3 Å². The standard InChI is InChI=1S/C14H24N2O2S3/c1-3-5-15-9-13-8-14(11-20-13)21(17,18)16-6-7-19-12(4-2)10-16/h8,11-12,15H,3-7,9-10H2,1-2H3. The maximum atomic E-state index is 12.7. The third-order valence-electron chi connectivity index (χ3n) is 3.55. The van der Waals surface area contributed by atoms with Crippen molar-refractivity contribution in [2.24, 2.45) is 0 Å². The minimum atomic E-state index is -3.31. The molecule has 0 spiro atoms. The zero-order valence-corrected chi connectivity index (χ0v) is 15.1. The molecule has 4 nitrogen and oxygen atoms in total. The number of rotatable bonds is 7. The first kappa shape index (κ1) is 17.3. The van der Waals surface area contributed by atoms with E-state index in [0.717, 1.165) is 36.6 Å². The van der Waals surface area contributed by atoms with Gasteiger partial charge in [0.1, 0.15) is 0 Å². The lowest BCUT2D eigenvalue weighted by molar-refractivity contribution is 0.416. The largest absolute Gasteiger partial charge is 0.312 e. The van der Waals surface area contributed by atoms with Crippen molar-refractivity contribution in [1.82, 2.24) is 9.62 Å². The van der Waals surface area contributed by atoms with Crippen LogP contribution in [-0.4, -0.2) is 43.4 Å². The van der Waals surface area contributed by atoms with Crippen LogP contribution in [-0.2, 0) is 16.6 Å². The van der Waals surface area contributed by atoms with Gasteiger partial charge in [-0.1, -0.05) is 13.8 Å². The van der Waals surface area contributed by atoms with Crippen molar-refractivity contribution in [2.75, 3.05) is 25.4 Å². The smallest absolute Gasteiger partial charge is 0.243 e. The summed E-state index contributed by atoms with van der Waals surface area (Å²) in [5.74, 6) is 0.896. The highest BCUT2D eigenvalue weighted by Gasteiger charge is 2.30.